The molecule has 3 nitrogen and oxygen atoms in total. The maximum Gasteiger partial charge on any atom is 0.433 e. The molecular formula is C13H16F3N3. The van der Waals surface area contributed by atoms with Crippen molar-refractivity contribution >= 4 is 5.82 Å². The van der Waals surface area contributed by atoms with E-state index in [4.69, 9.17) is 0 Å². The van der Waals surface area contributed by atoms with Crippen molar-refractivity contribution in [2.45, 2.75) is 25.1 Å². The molecule has 0 aromatic carbocycles. The molecule has 6 heteroatoms. The monoisotopic (exact) mass is 271 g/mol. The molecule has 2 aliphatic rings. The van der Waals surface area contributed by atoms with E-state index in [-0.39, 0.29) is 0 Å². The van der Waals surface area contributed by atoms with Crippen molar-refractivity contribution in [1.82, 2.24) is 10.3 Å². The number of nitrogens with one attached hydrogen (secondary N) is 1. The van der Waals surface area contributed by atoms with Gasteiger partial charge >= 0.3 is 6.18 Å². The molecule has 2 atom stereocenters. The average molecular weight is 271 g/mol. The predicted octanol–water partition coefficient (Wildman–Crippen LogP) is 2.29. The summed E-state index contributed by atoms with van der Waals surface area (Å²) in [6, 6.07) is 4.50. The third kappa shape index (κ3) is 2.54. The van der Waals surface area contributed by atoms with Crippen LogP contribution in [0.3, 0.4) is 0 Å². The number of hydrogen-bond donors (Lipinski definition) is 1. The first-order chi connectivity index (χ1) is 9.04. The van der Waals surface area contributed by atoms with Crippen LogP contribution in [0.25, 0.3) is 0 Å². The summed E-state index contributed by atoms with van der Waals surface area (Å²) in [6.45, 7) is 2.55. The lowest BCUT2D eigenvalue weighted by atomic mass is 9.94. The molecule has 0 spiro atoms. The summed E-state index contributed by atoms with van der Waals surface area (Å²) in [4.78, 5) is 5.72. The van der Waals surface area contributed by atoms with E-state index in [2.05, 4.69) is 10.3 Å². The Bertz CT molecular complexity index is 447. The third-order valence-electron chi connectivity index (χ3n) is 3.95. The van der Waals surface area contributed by atoms with Gasteiger partial charge in [0.1, 0.15) is 11.5 Å². The molecule has 3 rings (SSSR count). The Balaban J connectivity index is 1.80. The molecule has 104 valence electrons. The fourth-order valence-electron chi connectivity index (χ4n) is 2.99. The molecule has 0 aliphatic carbocycles. The van der Waals surface area contributed by atoms with E-state index in [9.17, 15) is 13.2 Å². The van der Waals surface area contributed by atoms with Gasteiger partial charge in [0.15, 0.2) is 0 Å². The number of rotatable bonds is 1. The summed E-state index contributed by atoms with van der Waals surface area (Å²) in [6.07, 6.45) is -2.08. The maximum absolute atomic E-state index is 12.7. The largest absolute Gasteiger partial charge is 0.433 e. The van der Waals surface area contributed by atoms with Crippen LogP contribution in [0.1, 0.15) is 18.5 Å². The van der Waals surface area contributed by atoms with Gasteiger partial charge in [-0.05, 0) is 37.4 Å². The number of hydrogen-bond acceptors (Lipinski definition) is 3. The van der Waals surface area contributed by atoms with Gasteiger partial charge in [0, 0.05) is 19.1 Å². The molecule has 2 saturated heterocycles. The molecule has 0 amide bonds. The Kier molecular flexibility index (Phi) is 3.12. The van der Waals surface area contributed by atoms with Crippen molar-refractivity contribution < 1.29 is 13.2 Å². The Morgan fingerprint density at radius 2 is 2.11 bits per heavy atom. The van der Waals surface area contributed by atoms with Crippen LogP contribution in [0.2, 0.25) is 0 Å². The van der Waals surface area contributed by atoms with Gasteiger partial charge in [0.05, 0.1) is 0 Å². The summed E-state index contributed by atoms with van der Waals surface area (Å²) < 4.78 is 38.0. The zero-order valence-corrected chi connectivity index (χ0v) is 10.5. The highest BCUT2D eigenvalue weighted by Gasteiger charge is 2.36. The summed E-state index contributed by atoms with van der Waals surface area (Å²) in [5.74, 6) is 0.969. The Morgan fingerprint density at radius 1 is 1.26 bits per heavy atom. The number of fused-ring (bicyclic) bond motifs is 1. The van der Waals surface area contributed by atoms with Crippen LogP contribution in [0.5, 0.6) is 0 Å². The summed E-state index contributed by atoms with van der Waals surface area (Å²) >= 11 is 0. The van der Waals surface area contributed by atoms with Crippen LogP contribution in [0.15, 0.2) is 18.2 Å². The number of halogens is 3. The Labute approximate surface area is 109 Å². The topological polar surface area (TPSA) is 28.2 Å². The van der Waals surface area contributed by atoms with Gasteiger partial charge in [-0.2, -0.15) is 13.2 Å². The number of alkyl halides is 3. The quantitative estimate of drug-likeness (QED) is 0.849. The van der Waals surface area contributed by atoms with Crippen LogP contribution in [0, 0.1) is 5.92 Å². The number of aromatic nitrogens is 1. The lowest BCUT2D eigenvalue weighted by Gasteiger charge is -2.24. The van der Waals surface area contributed by atoms with Crippen molar-refractivity contribution in [1.29, 1.82) is 0 Å². The average Bonchev–Trinajstić information content (AvgIpc) is 2.81. The first-order valence-electron chi connectivity index (χ1n) is 6.56. The minimum Gasteiger partial charge on any atom is -0.355 e. The SMILES string of the molecule is FC(F)(F)c1cccc(N2C[C@@H]3CCCN[C@@H]3C2)n1. The number of piperidine rings is 1. The van der Waals surface area contributed by atoms with Gasteiger partial charge in [-0.15, -0.1) is 0 Å². The first-order valence-corrected chi connectivity index (χ1v) is 6.56. The summed E-state index contributed by atoms with van der Waals surface area (Å²) in [7, 11) is 0. The van der Waals surface area contributed by atoms with Crippen LogP contribution < -0.4 is 10.2 Å². The minimum atomic E-state index is -4.37. The van der Waals surface area contributed by atoms with Gasteiger partial charge < -0.3 is 10.2 Å². The molecule has 1 N–H and O–H groups in total. The van der Waals surface area contributed by atoms with E-state index in [0.29, 0.717) is 17.8 Å². The Hall–Kier alpha value is -1.30. The predicted molar refractivity (Wildman–Crippen MR) is 66.0 cm³/mol. The molecule has 19 heavy (non-hydrogen) atoms. The van der Waals surface area contributed by atoms with Crippen LogP contribution >= 0.6 is 0 Å². The van der Waals surface area contributed by atoms with Crippen molar-refractivity contribution in [2.24, 2.45) is 5.92 Å². The third-order valence-corrected chi connectivity index (χ3v) is 3.95. The normalized spacial score (nSPS) is 27.4. The van der Waals surface area contributed by atoms with Crippen LogP contribution in [-0.4, -0.2) is 30.7 Å². The maximum atomic E-state index is 12.7. The van der Waals surface area contributed by atoms with E-state index >= 15 is 0 Å². The fourth-order valence-corrected chi connectivity index (χ4v) is 2.99. The van der Waals surface area contributed by atoms with E-state index in [1.165, 1.54) is 6.07 Å². The van der Waals surface area contributed by atoms with Gasteiger partial charge in [0.2, 0.25) is 0 Å². The number of pyridine rings is 1. The van der Waals surface area contributed by atoms with E-state index in [0.717, 1.165) is 38.5 Å². The molecule has 1 aromatic rings. The van der Waals surface area contributed by atoms with Crippen LogP contribution in [-0.2, 0) is 6.18 Å². The van der Waals surface area contributed by atoms with Crippen molar-refractivity contribution in [2.75, 3.05) is 24.5 Å². The fraction of sp³-hybridized carbons (Fsp3) is 0.615. The zero-order valence-electron chi connectivity index (χ0n) is 10.5. The lowest BCUT2D eigenvalue weighted by Crippen LogP contribution is -2.40. The lowest BCUT2D eigenvalue weighted by molar-refractivity contribution is -0.141. The smallest absolute Gasteiger partial charge is 0.355 e. The number of nitrogens with zero attached hydrogens (tertiary/aromatic N) is 2. The second-order valence-corrected chi connectivity index (χ2v) is 5.25. The molecule has 2 fully saturated rings. The molecule has 0 saturated carbocycles. The highest BCUT2D eigenvalue weighted by Crippen LogP contribution is 2.31. The van der Waals surface area contributed by atoms with Crippen molar-refractivity contribution in [3.05, 3.63) is 23.9 Å². The molecule has 0 unspecified atom stereocenters. The second kappa shape index (κ2) is 4.67. The van der Waals surface area contributed by atoms with Crippen molar-refractivity contribution in [3.63, 3.8) is 0 Å². The zero-order chi connectivity index (χ0) is 13.5. The van der Waals surface area contributed by atoms with Crippen LogP contribution in [0.4, 0.5) is 19.0 Å². The summed E-state index contributed by atoms with van der Waals surface area (Å²) in [5.41, 5.74) is -0.812. The van der Waals surface area contributed by atoms with Gasteiger partial charge in [-0.3, -0.25) is 0 Å². The summed E-state index contributed by atoms with van der Waals surface area (Å²) in [5, 5.41) is 3.43. The molecule has 1 aromatic heterocycles. The highest BCUT2D eigenvalue weighted by atomic mass is 19.4. The van der Waals surface area contributed by atoms with Crippen molar-refractivity contribution in [3.8, 4) is 0 Å². The Morgan fingerprint density at radius 3 is 2.84 bits per heavy atom. The first kappa shape index (κ1) is 12.7. The van der Waals surface area contributed by atoms with Gasteiger partial charge in [-0.1, -0.05) is 6.07 Å². The molecule has 0 bridgehead atoms. The minimum absolute atomic E-state index is 0.394. The van der Waals surface area contributed by atoms with E-state index < -0.39 is 11.9 Å². The highest BCUT2D eigenvalue weighted by molar-refractivity contribution is 5.42. The van der Waals surface area contributed by atoms with E-state index in [1.54, 1.807) is 6.07 Å². The molecule has 3 heterocycles. The van der Waals surface area contributed by atoms with E-state index in [1.807, 2.05) is 4.90 Å². The standard InChI is InChI=1S/C13H16F3N3/c14-13(15,16)11-4-1-5-12(18-11)19-7-9-3-2-6-17-10(9)8-19/h1,4-5,9-10,17H,2-3,6-8H2/t9-,10+/m0/s1. The molecular weight excluding hydrogens is 255 g/mol. The molecule has 2 aliphatic heterocycles. The number of anilines is 1. The molecule has 0 radical (unpaired) electrons. The van der Waals surface area contributed by atoms with Gasteiger partial charge in [0.25, 0.3) is 0 Å². The second-order valence-electron chi connectivity index (χ2n) is 5.25. The van der Waals surface area contributed by atoms with Gasteiger partial charge in [-0.25, -0.2) is 4.98 Å².